The Kier molecular flexibility index (Phi) is 4.67. The van der Waals surface area contributed by atoms with Gasteiger partial charge in [-0.2, -0.15) is 0 Å². The molecule has 0 saturated heterocycles. The van der Waals surface area contributed by atoms with Crippen LogP contribution >= 0.6 is 0 Å². The van der Waals surface area contributed by atoms with E-state index in [-0.39, 0.29) is 17.1 Å². The summed E-state index contributed by atoms with van der Waals surface area (Å²) in [5.41, 5.74) is -1.08. The van der Waals surface area contributed by atoms with Crippen molar-refractivity contribution in [2.45, 2.75) is 24.3 Å². The van der Waals surface area contributed by atoms with E-state index in [9.17, 15) is 13.2 Å². The smallest absolute Gasteiger partial charge is 0.339 e. The van der Waals surface area contributed by atoms with Crippen LogP contribution in [0.5, 0.6) is 0 Å². The maximum absolute atomic E-state index is 12.2. The normalized spacial score (nSPS) is 12.2. The monoisotopic (exact) mass is 287 g/mol. The fraction of sp³-hybridized carbons (Fsp3) is 0.417. The predicted octanol–water partition coefficient (Wildman–Crippen LogP) is 0.522. The number of hydrogen-bond acceptors (Lipinski definition) is 5. The molecule has 1 aromatic rings. The predicted molar refractivity (Wildman–Crippen MR) is 69.3 cm³/mol. The van der Waals surface area contributed by atoms with Gasteiger partial charge < -0.3 is 9.84 Å². The Morgan fingerprint density at radius 2 is 1.95 bits per heavy atom. The van der Waals surface area contributed by atoms with Gasteiger partial charge in [-0.3, -0.25) is 0 Å². The van der Waals surface area contributed by atoms with Gasteiger partial charge in [0.15, 0.2) is 0 Å². The third kappa shape index (κ3) is 3.76. The van der Waals surface area contributed by atoms with Crippen LogP contribution in [0.1, 0.15) is 24.2 Å². The highest BCUT2D eigenvalue weighted by atomic mass is 32.2. The summed E-state index contributed by atoms with van der Waals surface area (Å²) < 4.78 is 31.3. The van der Waals surface area contributed by atoms with E-state index in [1.165, 1.54) is 39.2 Å². The molecule has 1 rings (SSSR count). The van der Waals surface area contributed by atoms with E-state index >= 15 is 0 Å². The summed E-state index contributed by atoms with van der Waals surface area (Å²) in [6.45, 7) is 2.70. The van der Waals surface area contributed by atoms with Crippen molar-refractivity contribution in [3.8, 4) is 0 Å². The largest absolute Gasteiger partial charge is 0.465 e. The summed E-state index contributed by atoms with van der Waals surface area (Å²) in [7, 11) is -2.75. The van der Waals surface area contributed by atoms with E-state index in [0.717, 1.165) is 0 Å². The third-order valence-electron chi connectivity index (χ3n) is 2.39. The van der Waals surface area contributed by atoms with Gasteiger partial charge in [-0.1, -0.05) is 12.1 Å². The van der Waals surface area contributed by atoms with Gasteiger partial charge in [0.1, 0.15) is 0 Å². The minimum atomic E-state index is -3.93. The van der Waals surface area contributed by atoms with Crippen molar-refractivity contribution < 1.29 is 23.1 Å². The number of sulfonamides is 1. The molecule has 0 atom stereocenters. The van der Waals surface area contributed by atoms with Gasteiger partial charge in [0.25, 0.3) is 0 Å². The Bertz CT molecular complexity index is 565. The second-order valence-electron chi connectivity index (χ2n) is 4.64. The van der Waals surface area contributed by atoms with Crippen molar-refractivity contribution in [3.63, 3.8) is 0 Å². The van der Waals surface area contributed by atoms with Crippen LogP contribution in [-0.2, 0) is 14.8 Å². The molecule has 0 radical (unpaired) electrons. The van der Waals surface area contributed by atoms with Crippen LogP contribution in [0.4, 0.5) is 0 Å². The standard InChI is InChI=1S/C12H17NO5S/c1-12(2,8-14)13-19(16,17)10-7-5-4-6-9(10)11(15)18-3/h4-7,13-14H,8H2,1-3H3. The zero-order chi connectivity index (χ0) is 14.7. The highest BCUT2D eigenvalue weighted by Crippen LogP contribution is 2.18. The lowest BCUT2D eigenvalue weighted by Gasteiger charge is -2.23. The second-order valence-corrected chi connectivity index (χ2v) is 6.29. The number of rotatable bonds is 5. The minimum Gasteiger partial charge on any atom is -0.465 e. The quantitative estimate of drug-likeness (QED) is 0.770. The van der Waals surface area contributed by atoms with Gasteiger partial charge in [-0.05, 0) is 26.0 Å². The Labute approximate surface area is 112 Å². The number of ether oxygens (including phenoxy) is 1. The van der Waals surface area contributed by atoms with E-state index in [1.807, 2.05) is 0 Å². The zero-order valence-electron chi connectivity index (χ0n) is 11.0. The summed E-state index contributed by atoms with van der Waals surface area (Å²) >= 11 is 0. The summed E-state index contributed by atoms with van der Waals surface area (Å²) in [5.74, 6) is -0.734. The first-order valence-corrected chi connectivity index (χ1v) is 7.04. The lowest BCUT2D eigenvalue weighted by Crippen LogP contribution is -2.46. The van der Waals surface area contributed by atoms with Gasteiger partial charge in [-0.25, -0.2) is 17.9 Å². The Morgan fingerprint density at radius 1 is 1.37 bits per heavy atom. The molecule has 0 spiro atoms. The molecule has 6 nitrogen and oxygen atoms in total. The molecule has 0 aliphatic rings. The van der Waals surface area contributed by atoms with Crippen LogP contribution in [0.25, 0.3) is 0 Å². The molecule has 0 amide bonds. The molecule has 0 unspecified atom stereocenters. The first-order valence-electron chi connectivity index (χ1n) is 5.56. The minimum absolute atomic E-state index is 0.0498. The molecular weight excluding hydrogens is 270 g/mol. The molecule has 0 aliphatic carbocycles. The molecule has 0 aliphatic heterocycles. The van der Waals surface area contributed by atoms with Gasteiger partial charge in [-0.15, -0.1) is 0 Å². The number of esters is 1. The topological polar surface area (TPSA) is 92.7 Å². The van der Waals surface area contributed by atoms with Crippen LogP contribution in [0, 0.1) is 0 Å². The highest BCUT2D eigenvalue weighted by Gasteiger charge is 2.28. The van der Waals surface area contributed by atoms with E-state index in [2.05, 4.69) is 9.46 Å². The Morgan fingerprint density at radius 3 is 2.47 bits per heavy atom. The second kappa shape index (κ2) is 5.68. The molecule has 19 heavy (non-hydrogen) atoms. The van der Waals surface area contributed by atoms with Crippen molar-refractivity contribution in [2.24, 2.45) is 0 Å². The fourth-order valence-electron chi connectivity index (χ4n) is 1.43. The number of carbonyl (C=O) groups excluding carboxylic acids is 1. The molecule has 0 fully saturated rings. The Balaban J connectivity index is 3.26. The first-order chi connectivity index (χ1) is 8.73. The average Bonchev–Trinajstić information content (AvgIpc) is 2.36. The van der Waals surface area contributed by atoms with Crippen molar-refractivity contribution in [2.75, 3.05) is 13.7 Å². The van der Waals surface area contributed by atoms with Gasteiger partial charge in [0.2, 0.25) is 10.0 Å². The lowest BCUT2D eigenvalue weighted by atomic mass is 10.1. The van der Waals surface area contributed by atoms with Gasteiger partial charge in [0.05, 0.1) is 29.7 Å². The average molecular weight is 287 g/mol. The summed E-state index contributed by atoms with van der Waals surface area (Å²) in [4.78, 5) is 11.4. The molecule has 7 heteroatoms. The maximum Gasteiger partial charge on any atom is 0.339 e. The molecular formula is C12H17NO5S. The molecule has 2 N–H and O–H groups in total. The van der Waals surface area contributed by atoms with Crippen LogP contribution in [0.2, 0.25) is 0 Å². The van der Waals surface area contributed by atoms with E-state index in [4.69, 9.17) is 5.11 Å². The summed E-state index contributed by atoms with van der Waals surface area (Å²) in [6.07, 6.45) is 0. The van der Waals surface area contributed by atoms with Crippen LogP contribution in [-0.4, -0.2) is 38.7 Å². The molecule has 0 heterocycles. The van der Waals surface area contributed by atoms with Crippen molar-refractivity contribution in [1.82, 2.24) is 4.72 Å². The summed E-state index contributed by atoms with van der Waals surface area (Å²) in [5, 5.41) is 9.11. The van der Waals surface area contributed by atoms with Crippen LogP contribution < -0.4 is 4.72 Å². The Hall–Kier alpha value is -1.44. The first kappa shape index (κ1) is 15.6. The van der Waals surface area contributed by atoms with E-state index < -0.39 is 21.5 Å². The third-order valence-corrected chi connectivity index (χ3v) is 4.14. The van der Waals surface area contributed by atoms with Crippen molar-refractivity contribution >= 4 is 16.0 Å². The molecule has 1 aromatic carbocycles. The molecule has 106 valence electrons. The number of aliphatic hydroxyl groups excluding tert-OH is 1. The summed E-state index contributed by atoms with van der Waals surface area (Å²) in [6, 6.07) is 5.73. The fourth-order valence-corrected chi connectivity index (χ4v) is 3.03. The van der Waals surface area contributed by atoms with Crippen molar-refractivity contribution in [1.29, 1.82) is 0 Å². The number of nitrogens with one attached hydrogen (secondary N) is 1. The zero-order valence-corrected chi connectivity index (χ0v) is 11.8. The molecule has 0 bridgehead atoms. The molecule has 0 saturated carbocycles. The van der Waals surface area contributed by atoms with E-state index in [1.54, 1.807) is 6.07 Å². The number of carbonyl (C=O) groups is 1. The number of hydrogen-bond donors (Lipinski definition) is 2. The van der Waals surface area contributed by atoms with Crippen LogP contribution in [0.15, 0.2) is 29.2 Å². The van der Waals surface area contributed by atoms with E-state index in [0.29, 0.717) is 0 Å². The highest BCUT2D eigenvalue weighted by molar-refractivity contribution is 7.89. The van der Waals surface area contributed by atoms with Gasteiger partial charge >= 0.3 is 5.97 Å². The van der Waals surface area contributed by atoms with Crippen LogP contribution in [0.3, 0.4) is 0 Å². The molecule has 0 aromatic heterocycles. The van der Waals surface area contributed by atoms with Gasteiger partial charge in [0, 0.05) is 0 Å². The maximum atomic E-state index is 12.2. The number of aliphatic hydroxyl groups is 1. The SMILES string of the molecule is COC(=O)c1ccccc1S(=O)(=O)NC(C)(C)CO. The van der Waals surface area contributed by atoms with Crippen molar-refractivity contribution in [3.05, 3.63) is 29.8 Å². The lowest BCUT2D eigenvalue weighted by molar-refractivity contribution is 0.0596. The number of methoxy groups -OCH3 is 1. The number of benzene rings is 1.